The van der Waals surface area contributed by atoms with Crippen LogP contribution >= 0.6 is 0 Å². The van der Waals surface area contributed by atoms with Gasteiger partial charge in [0, 0.05) is 32.1 Å². The summed E-state index contributed by atoms with van der Waals surface area (Å²) in [5.74, 6) is 2.07. The lowest BCUT2D eigenvalue weighted by molar-refractivity contribution is -0.116. The van der Waals surface area contributed by atoms with Crippen molar-refractivity contribution in [3.63, 3.8) is 0 Å². The number of amides is 1. The number of rotatable bonds is 7. The fourth-order valence-corrected chi connectivity index (χ4v) is 3.33. The molecular weight excluding hydrogens is 364 g/mol. The monoisotopic (exact) mass is 394 g/mol. The van der Waals surface area contributed by atoms with E-state index in [1.54, 1.807) is 7.05 Å². The van der Waals surface area contributed by atoms with Crippen molar-refractivity contribution in [3.05, 3.63) is 59.7 Å². The van der Waals surface area contributed by atoms with Crippen LogP contribution in [0.5, 0.6) is 5.75 Å². The number of benzene rings is 2. The average Bonchev–Trinajstić information content (AvgIpc) is 3.10. The first-order chi connectivity index (χ1) is 14.0. The number of anilines is 1. The van der Waals surface area contributed by atoms with Crippen molar-refractivity contribution < 1.29 is 9.53 Å². The molecule has 0 fully saturated rings. The van der Waals surface area contributed by atoms with E-state index in [0.717, 1.165) is 29.4 Å². The van der Waals surface area contributed by atoms with Gasteiger partial charge in [-0.25, -0.2) is 0 Å². The molecule has 1 amide bonds. The van der Waals surface area contributed by atoms with Gasteiger partial charge in [-0.15, -0.1) is 0 Å². The number of guanidine groups is 1. The minimum absolute atomic E-state index is 0.0418. The minimum atomic E-state index is 0.0418. The van der Waals surface area contributed by atoms with E-state index in [4.69, 9.17) is 4.74 Å². The molecule has 3 rings (SSSR count). The Morgan fingerprint density at radius 3 is 2.76 bits per heavy atom. The van der Waals surface area contributed by atoms with Gasteiger partial charge < -0.3 is 20.7 Å². The number of fused-ring (bicyclic) bond motifs is 1. The van der Waals surface area contributed by atoms with Crippen LogP contribution in [-0.4, -0.2) is 31.6 Å². The number of aliphatic imine (C=N–C) groups is 1. The molecule has 2 aromatic carbocycles. The molecule has 0 aliphatic carbocycles. The average molecular weight is 395 g/mol. The summed E-state index contributed by atoms with van der Waals surface area (Å²) in [6, 6.07) is 16.0. The topological polar surface area (TPSA) is 74.8 Å². The van der Waals surface area contributed by atoms with Crippen molar-refractivity contribution in [1.82, 2.24) is 10.6 Å². The normalized spacial score (nSPS) is 15.6. The van der Waals surface area contributed by atoms with Crippen molar-refractivity contribution in [2.75, 3.05) is 18.9 Å². The van der Waals surface area contributed by atoms with E-state index in [-0.39, 0.29) is 12.0 Å². The predicted molar refractivity (Wildman–Crippen MR) is 117 cm³/mol. The number of nitrogens with zero attached hydrogens (tertiary/aromatic N) is 1. The second kappa shape index (κ2) is 9.96. The quantitative estimate of drug-likeness (QED) is 0.497. The Hall–Kier alpha value is -3.02. The highest BCUT2D eigenvalue weighted by Gasteiger charge is 2.22. The summed E-state index contributed by atoms with van der Waals surface area (Å²) in [7, 11) is 1.75. The zero-order valence-corrected chi connectivity index (χ0v) is 17.4. The highest BCUT2D eigenvalue weighted by molar-refractivity contribution is 5.90. The molecule has 1 unspecified atom stereocenters. The molecule has 0 spiro atoms. The molecule has 154 valence electrons. The van der Waals surface area contributed by atoms with E-state index in [9.17, 15) is 4.79 Å². The highest BCUT2D eigenvalue weighted by atomic mass is 16.5. The molecule has 1 heterocycles. The zero-order valence-electron chi connectivity index (χ0n) is 17.4. The summed E-state index contributed by atoms with van der Waals surface area (Å²) in [5.41, 5.74) is 3.13. The summed E-state index contributed by atoms with van der Waals surface area (Å²) in [5, 5.41) is 9.60. The molecule has 0 saturated carbocycles. The lowest BCUT2D eigenvalue weighted by Gasteiger charge is -2.16. The highest BCUT2D eigenvalue weighted by Crippen LogP contribution is 2.27. The van der Waals surface area contributed by atoms with Crippen LogP contribution in [0.2, 0.25) is 0 Å². The van der Waals surface area contributed by atoms with Crippen molar-refractivity contribution in [3.8, 4) is 5.75 Å². The third-order valence-corrected chi connectivity index (χ3v) is 4.70. The summed E-state index contributed by atoms with van der Waals surface area (Å²) in [4.78, 5) is 16.3. The Bertz CT molecular complexity index is 838. The third kappa shape index (κ3) is 6.24. The molecule has 3 N–H and O–H groups in total. The molecule has 0 saturated heterocycles. The Labute approximate surface area is 172 Å². The second-order valence-electron chi connectivity index (χ2n) is 7.70. The fraction of sp³-hybridized carbons (Fsp3) is 0.391. The van der Waals surface area contributed by atoms with Crippen LogP contribution in [0.4, 0.5) is 5.69 Å². The maximum atomic E-state index is 12.0. The van der Waals surface area contributed by atoms with Crippen LogP contribution in [0.15, 0.2) is 53.5 Å². The van der Waals surface area contributed by atoms with Gasteiger partial charge in [-0.1, -0.05) is 44.2 Å². The number of carbonyl (C=O) groups is 1. The van der Waals surface area contributed by atoms with Crippen LogP contribution in [0, 0.1) is 5.92 Å². The number of nitrogens with one attached hydrogen (secondary N) is 3. The van der Waals surface area contributed by atoms with E-state index >= 15 is 0 Å². The predicted octanol–water partition coefficient (Wildman–Crippen LogP) is 3.34. The SMILES string of the molecule is CN=C(NCc1cccc(NC(=O)CC(C)C)c1)NCC1Cc2ccccc2O1. The molecule has 1 atom stereocenters. The van der Waals surface area contributed by atoms with E-state index in [0.29, 0.717) is 25.4 Å². The van der Waals surface area contributed by atoms with Crippen LogP contribution < -0.4 is 20.7 Å². The lowest BCUT2D eigenvalue weighted by atomic mass is 10.1. The maximum Gasteiger partial charge on any atom is 0.224 e. The van der Waals surface area contributed by atoms with Crippen molar-refractivity contribution in [2.45, 2.75) is 39.3 Å². The Morgan fingerprint density at radius 2 is 2.00 bits per heavy atom. The molecule has 2 aromatic rings. The van der Waals surface area contributed by atoms with E-state index < -0.39 is 0 Å². The molecule has 0 aromatic heterocycles. The molecule has 6 heteroatoms. The zero-order chi connectivity index (χ0) is 20.6. The summed E-state index contributed by atoms with van der Waals surface area (Å²) < 4.78 is 5.96. The second-order valence-corrected chi connectivity index (χ2v) is 7.70. The molecule has 1 aliphatic heterocycles. The molecular formula is C23H30N4O2. The first kappa shape index (κ1) is 20.7. The maximum absolute atomic E-state index is 12.0. The van der Waals surface area contributed by atoms with E-state index in [1.165, 1.54) is 5.56 Å². The lowest BCUT2D eigenvalue weighted by Crippen LogP contribution is -2.41. The third-order valence-electron chi connectivity index (χ3n) is 4.70. The van der Waals surface area contributed by atoms with Crippen LogP contribution in [0.3, 0.4) is 0 Å². The standard InChI is InChI=1S/C23H30N4O2/c1-16(2)11-22(28)27-19-9-6-7-17(12-19)14-25-23(24-3)26-15-20-13-18-8-4-5-10-21(18)29-20/h4-10,12,16,20H,11,13-15H2,1-3H3,(H,27,28)(H2,24,25,26). The van der Waals surface area contributed by atoms with Gasteiger partial charge in [-0.3, -0.25) is 9.79 Å². The largest absolute Gasteiger partial charge is 0.488 e. The van der Waals surface area contributed by atoms with Gasteiger partial charge >= 0.3 is 0 Å². The van der Waals surface area contributed by atoms with Gasteiger partial charge in [-0.2, -0.15) is 0 Å². The fourth-order valence-electron chi connectivity index (χ4n) is 3.33. The van der Waals surface area contributed by atoms with Crippen LogP contribution in [-0.2, 0) is 17.8 Å². The first-order valence-corrected chi connectivity index (χ1v) is 10.1. The summed E-state index contributed by atoms with van der Waals surface area (Å²) in [6.45, 7) is 5.36. The molecule has 0 radical (unpaired) electrons. The molecule has 29 heavy (non-hydrogen) atoms. The van der Waals surface area contributed by atoms with Crippen molar-refractivity contribution >= 4 is 17.6 Å². The molecule has 1 aliphatic rings. The van der Waals surface area contributed by atoms with Crippen LogP contribution in [0.25, 0.3) is 0 Å². The number of ether oxygens (including phenoxy) is 1. The summed E-state index contributed by atoms with van der Waals surface area (Å²) >= 11 is 0. The minimum Gasteiger partial charge on any atom is -0.488 e. The number of para-hydroxylation sites is 1. The van der Waals surface area contributed by atoms with E-state index in [2.05, 4.69) is 27.0 Å². The number of hydrogen-bond acceptors (Lipinski definition) is 3. The number of carbonyl (C=O) groups excluding carboxylic acids is 1. The first-order valence-electron chi connectivity index (χ1n) is 10.1. The Morgan fingerprint density at radius 1 is 1.17 bits per heavy atom. The Balaban J connectivity index is 1.46. The Kier molecular flexibility index (Phi) is 7.11. The number of hydrogen-bond donors (Lipinski definition) is 3. The van der Waals surface area contributed by atoms with Crippen LogP contribution in [0.1, 0.15) is 31.4 Å². The smallest absolute Gasteiger partial charge is 0.224 e. The van der Waals surface area contributed by atoms with Gasteiger partial charge in [-0.05, 0) is 35.2 Å². The van der Waals surface area contributed by atoms with E-state index in [1.807, 2.05) is 56.3 Å². The van der Waals surface area contributed by atoms with Gasteiger partial charge in [0.05, 0.1) is 6.54 Å². The van der Waals surface area contributed by atoms with Crippen molar-refractivity contribution in [1.29, 1.82) is 0 Å². The molecule has 6 nitrogen and oxygen atoms in total. The van der Waals surface area contributed by atoms with Crippen molar-refractivity contribution in [2.24, 2.45) is 10.9 Å². The van der Waals surface area contributed by atoms with Gasteiger partial charge in [0.1, 0.15) is 11.9 Å². The van der Waals surface area contributed by atoms with Gasteiger partial charge in [0.25, 0.3) is 0 Å². The molecule has 0 bridgehead atoms. The van der Waals surface area contributed by atoms with Gasteiger partial charge in [0.2, 0.25) is 5.91 Å². The summed E-state index contributed by atoms with van der Waals surface area (Å²) in [6.07, 6.45) is 1.52. The van der Waals surface area contributed by atoms with Gasteiger partial charge in [0.15, 0.2) is 5.96 Å².